The van der Waals surface area contributed by atoms with Crippen LogP contribution in [0.1, 0.15) is 31.5 Å². The Morgan fingerprint density at radius 1 is 1.50 bits per heavy atom. The minimum atomic E-state index is 0.300. The van der Waals surface area contributed by atoms with Crippen molar-refractivity contribution in [2.75, 3.05) is 13.7 Å². The molecular weight excluding hydrogens is 156 g/mol. The van der Waals surface area contributed by atoms with Gasteiger partial charge in [0.05, 0.1) is 6.61 Å². The summed E-state index contributed by atoms with van der Waals surface area (Å²) in [7, 11) is 1.66. The van der Waals surface area contributed by atoms with Crippen LogP contribution in [0.2, 0.25) is 0 Å². The first-order valence-electron chi connectivity index (χ1n) is 4.05. The van der Waals surface area contributed by atoms with E-state index in [1.807, 2.05) is 13.8 Å². The molecule has 1 heterocycles. The third kappa shape index (κ3) is 2.30. The lowest BCUT2D eigenvalue weighted by Gasteiger charge is -1.92. The number of ether oxygens (including phenoxy) is 1. The van der Waals surface area contributed by atoms with Crippen LogP contribution in [0, 0.1) is 0 Å². The van der Waals surface area contributed by atoms with Crippen molar-refractivity contribution in [2.45, 2.75) is 26.2 Å². The van der Waals surface area contributed by atoms with E-state index in [2.05, 4.69) is 10.1 Å². The van der Waals surface area contributed by atoms with Crippen LogP contribution in [-0.4, -0.2) is 23.9 Å². The predicted molar refractivity (Wildman–Crippen MR) is 44.0 cm³/mol. The number of hydrogen-bond donors (Lipinski definition) is 0. The Hall–Kier alpha value is -0.900. The average molecular weight is 170 g/mol. The maximum absolute atomic E-state index is 5.01. The molecule has 1 aromatic rings. The topological polar surface area (TPSA) is 48.2 Å². The molecule has 0 atom stereocenters. The Morgan fingerprint density at radius 3 is 2.75 bits per heavy atom. The molecule has 0 aliphatic carbocycles. The number of aromatic nitrogens is 2. The molecule has 0 bridgehead atoms. The van der Waals surface area contributed by atoms with Crippen LogP contribution in [0.4, 0.5) is 0 Å². The van der Waals surface area contributed by atoms with E-state index in [4.69, 9.17) is 9.26 Å². The van der Waals surface area contributed by atoms with Gasteiger partial charge in [-0.3, -0.25) is 0 Å². The highest BCUT2D eigenvalue weighted by molar-refractivity contribution is 4.90. The van der Waals surface area contributed by atoms with E-state index in [1.165, 1.54) is 0 Å². The molecule has 0 amide bonds. The summed E-state index contributed by atoms with van der Waals surface area (Å²) >= 11 is 0. The van der Waals surface area contributed by atoms with Gasteiger partial charge in [0.25, 0.3) is 0 Å². The van der Waals surface area contributed by atoms with E-state index in [0.29, 0.717) is 24.8 Å². The molecule has 0 radical (unpaired) electrons. The molecule has 12 heavy (non-hydrogen) atoms. The van der Waals surface area contributed by atoms with Crippen molar-refractivity contribution in [3.8, 4) is 0 Å². The van der Waals surface area contributed by atoms with Crippen LogP contribution >= 0.6 is 0 Å². The summed E-state index contributed by atoms with van der Waals surface area (Å²) in [6, 6.07) is 0. The molecular formula is C8H14N2O2. The highest BCUT2D eigenvalue weighted by atomic mass is 16.5. The molecule has 0 fully saturated rings. The Balaban J connectivity index is 2.52. The molecule has 0 aliphatic rings. The molecule has 0 saturated heterocycles. The van der Waals surface area contributed by atoms with Crippen LogP contribution < -0.4 is 0 Å². The molecule has 0 N–H and O–H groups in total. The van der Waals surface area contributed by atoms with Gasteiger partial charge >= 0.3 is 0 Å². The second-order valence-electron chi connectivity index (χ2n) is 2.95. The monoisotopic (exact) mass is 170 g/mol. The third-order valence-corrected chi connectivity index (χ3v) is 1.51. The number of methoxy groups -OCH3 is 1. The van der Waals surface area contributed by atoms with E-state index in [-0.39, 0.29) is 0 Å². The summed E-state index contributed by atoms with van der Waals surface area (Å²) in [6.07, 6.45) is 0.715. The highest BCUT2D eigenvalue weighted by Gasteiger charge is 2.08. The smallest absolute Gasteiger partial charge is 0.229 e. The summed E-state index contributed by atoms with van der Waals surface area (Å²) in [5.74, 6) is 1.72. The van der Waals surface area contributed by atoms with Crippen LogP contribution in [0.25, 0.3) is 0 Å². The molecule has 1 aromatic heterocycles. The quantitative estimate of drug-likeness (QED) is 0.685. The van der Waals surface area contributed by atoms with E-state index in [1.54, 1.807) is 7.11 Å². The summed E-state index contributed by atoms with van der Waals surface area (Å²) in [6.45, 7) is 4.68. The fourth-order valence-electron chi connectivity index (χ4n) is 0.797. The van der Waals surface area contributed by atoms with Crippen molar-refractivity contribution in [3.05, 3.63) is 11.7 Å². The number of nitrogens with zero attached hydrogens (tertiary/aromatic N) is 2. The zero-order chi connectivity index (χ0) is 8.97. The van der Waals surface area contributed by atoms with Gasteiger partial charge < -0.3 is 9.26 Å². The zero-order valence-corrected chi connectivity index (χ0v) is 7.70. The standard InChI is InChI=1S/C8H14N2O2/c1-6(2)8-9-7(10-12-8)4-5-11-3/h6H,4-5H2,1-3H3. The predicted octanol–water partition coefficient (Wildman–Crippen LogP) is 1.38. The largest absolute Gasteiger partial charge is 0.384 e. The first-order chi connectivity index (χ1) is 5.74. The van der Waals surface area contributed by atoms with Crippen molar-refractivity contribution in [3.63, 3.8) is 0 Å². The van der Waals surface area contributed by atoms with Crippen molar-refractivity contribution in [1.82, 2.24) is 10.1 Å². The van der Waals surface area contributed by atoms with Gasteiger partial charge in [0.1, 0.15) is 0 Å². The Kier molecular flexibility index (Phi) is 3.22. The van der Waals surface area contributed by atoms with Gasteiger partial charge in [-0.25, -0.2) is 0 Å². The molecule has 4 nitrogen and oxygen atoms in total. The van der Waals surface area contributed by atoms with Gasteiger partial charge in [-0.2, -0.15) is 4.98 Å². The fraction of sp³-hybridized carbons (Fsp3) is 0.750. The summed E-state index contributed by atoms with van der Waals surface area (Å²) in [4.78, 5) is 4.19. The summed E-state index contributed by atoms with van der Waals surface area (Å²) in [5.41, 5.74) is 0. The van der Waals surface area contributed by atoms with Crippen molar-refractivity contribution >= 4 is 0 Å². The molecule has 68 valence electrons. The van der Waals surface area contributed by atoms with Gasteiger partial charge in [0, 0.05) is 19.4 Å². The normalized spacial score (nSPS) is 11.0. The SMILES string of the molecule is COCCc1noc(C(C)C)n1. The number of rotatable bonds is 4. The van der Waals surface area contributed by atoms with Crippen LogP contribution in [0.3, 0.4) is 0 Å². The van der Waals surface area contributed by atoms with Crippen molar-refractivity contribution in [1.29, 1.82) is 0 Å². The van der Waals surface area contributed by atoms with Crippen molar-refractivity contribution in [2.24, 2.45) is 0 Å². The minimum absolute atomic E-state index is 0.300. The lowest BCUT2D eigenvalue weighted by atomic mass is 10.2. The Bertz CT molecular complexity index is 233. The average Bonchev–Trinajstić information content (AvgIpc) is 2.48. The highest BCUT2D eigenvalue weighted by Crippen LogP contribution is 2.10. The van der Waals surface area contributed by atoms with Crippen LogP contribution in [0.15, 0.2) is 4.52 Å². The van der Waals surface area contributed by atoms with Crippen LogP contribution in [-0.2, 0) is 11.2 Å². The van der Waals surface area contributed by atoms with Gasteiger partial charge in [0.15, 0.2) is 5.82 Å². The van der Waals surface area contributed by atoms with Crippen molar-refractivity contribution < 1.29 is 9.26 Å². The first kappa shape index (κ1) is 9.19. The maximum atomic E-state index is 5.01. The number of hydrogen-bond acceptors (Lipinski definition) is 4. The Morgan fingerprint density at radius 2 is 2.25 bits per heavy atom. The maximum Gasteiger partial charge on any atom is 0.229 e. The van der Waals surface area contributed by atoms with E-state index < -0.39 is 0 Å². The summed E-state index contributed by atoms with van der Waals surface area (Å²) in [5, 5.41) is 3.81. The lowest BCUT2D eigenvalue weighted by Crippen LogP contribution is -1.96. The second kappa shape index (κ2) is 4.21. The molecule has 1 rings (SSSR count). The van der Waals surface area contributed by atoms with E-state index in [9.17, 15) is 0 Å². The zero-order valence-electron chi connectivity index (χ0n) is 7.70. The van der Waals surface area contributed by atoms with Gasteiger partial charge in [-0.15, -0.1) is 0 Å². The third-order valence-electron chi connectivity index (χ3n) is 1.51. The molecule has 4 heteroatoms. The molecule has 0 saturated carbocycles. The lowest BCUT2D eigenvalue weighted by molar-refractivity contribution is 0.199. The van der Waals surface area contributed by atoms with E-state index in [0.717, 1.165) is 5.82 Å². The van der Waals surface area contributed by atoms with Gasteiger partial charge in [-0.05, 0) is 0 Å². The fourth-order valence-corrected chi connectivity index (χ4v) is 0.797. The molecule has 0 aromatic carbocycles. The molecule has 0 spiro atoms. The van der Waals surface area contributed by atoms with Gasteiger partial charge in [0.2, 0.25) is 5.89 Å². The van der Waals surface area contributed by atoms with Crippen LogP contribution in [0.5, 0.6) is 0 Å². The molecule has 0 unspecified atom stereocenters. The van der Waals surface area contributed by atoms with E-state index >= 15 is 0 Å². The molecule has 0 aliphatic heterocycles. The second-order valence-corrected chi connectivity index (χ2v) is 2.95. The minimum Gasteiger partial charge on any atom is -0.384 e. The van der Waals surface area contributed by atoms with Gasteiger partial charge in [-0.1, -0.05) is 19.0 Å². The first-order valence-corrected chi connectivity index (χ1v) is 4.05. The Labute approximate surface area is 71.9 Å². The summed E-state index contributed by atoms with van der Waals surface area (Å²) < 4.78 is 9.90.